The van der Waals surface area contributed by atoms with E-state index in [1.807, 2.05) is 4.90 Å². The number of rotatable bonds is 17. The number of aliphatic hydroxyl groups excluding tert-OH is 1. The molecule has 8 aliphatic rings. The van der Waals surface area contributed by atoms with Crippen LogP contribution >= 0.6 is 0 Å². The topological polar surface area (TPSA) is 205 Å². The first-order valence-electron chi connectivity index (χ1n) is 45.4. The fraction of sp³-hybridized carbons (Fsp3) is 0.480. The number of aliphatic carboxylic acids is 1. The van der Waals surface area contributed by atoms with Gasteiger partial charge in [-0.15, -0.1) is 0 Å². The van der Waals surface area contributed by atoms with Gasteiger partial charge in [-0.2, -0.15) is 105 Å². The quantitative estimate of drug-likeness (QED) is 0.0627. The van der Waals surface area contributed by atoms with Crippen LogP contribution in [-0.4, -0.2) is 157 Å². The zero-order valence-electron chi connectivity index (χ0n) is 77.2. The third kappa shape index (κ3) is 24.6. The van der Waals surface area contributed by atoms with E-state index < -0.39 is 236 Å². The molecule has 4 unspecified atom stereocenters. The van der Waals surface area contributed by atoms with E-state index in [0.717, 1.165) is 18.6 Å². The minimum atomic E-state index is -5.05. The maximum Gasteiger partial charge on any atom is 0.416 e. The van der Waals surface area contributed by atoms with Crippen molar-refractivity contribution in [3.8, 4) is 0 Å². The van der Waals surface area contributed by atoms with Gasteiger partial charge in [0.1, 0.15) is 23.3 Å². The highest BCUT2D eigenvalue weighted by atomic mass is 19.4. The maximum atomic E-state index is 13.7. The SMILES string of the molecule is C[C@@H](O[C@H]1CN2C(=O)CCC(C)(C(=O)O)[C@H]2[C@@H]1c1ccc(F)cc1)c1cc(C(F)(F)F)cc(C(F)(F)F)c1.C[C@@H](O[C@H]1CN2C(=O)CCC(C)(N)[C@H]2[C@@H]1c1ccc(F)cc1)c1cc(C(F)(F)F)cc(C(F)(F)F)c1.C[C@@H](O[C@H]1CN2C(=O)CCC(C)(O)[C@H]2[C@@H]1c1ccc(F)cc1)c1cc(C(F)(F)F)cc(C(F)(F)F)c1.C[C@@H](O[C@H]1CN2CCCC(O)[C@H]2[C@@H]1c1ccc(F)cc1)c1cc(C(F)(F)F)cc(C(F)(F)F)c1. The predicted octanol–water partition coefficient (Wildman–Crippen LogP) is 23.8. The van der Waals surface area contributed by atoms with Gasteiger partial charge in [-0.25, -0.2) is 17.6 Å². The lowest BCUT2D eigenvalue weighted by Gasteiger charge is -2.44. The lowest BCUT2D eigenvalue weighted by molar-refractivity contribution is -0.160. The molecular weight excluding hydrogens is 1980 g/mol. The number of aliphatic hydroxyl groups is 2. The van der Waals surface area contributed by atoms with Crippen LogP contribution < -0.4 is 5.73 Å². The highest BCUT2D eigenvalue weighted by molar-refractivity contribution is 5.85. The van der Waals surface area contributed by atoms with Gasteiger partial charge in [0, 0.05) is 80.7 Å². The lowest BCUT2D eigenvalue weighted by Crippen LogP contribution is -2.61. The number of carbonyl (C=O) groups is 4. The molecule has 8 saturated heterocycles. The number of nitrogens with two attached hydrogens (primary N) is 1. The van der Waals surface area contributed by atoms with E-state index in [0.29, 0.717) is 96.7 Å². The number of amides is 3. The van der Waals surface area contributed by atoms with Crippen molar-refractivity contribution >= 4 is 23.7 Å². The van der Waals surface area contributed by atoms with E-state index in [1.54, 1.807) is 30.9 Å². The second-order valence-electron chi connectivity index (χ2n) is 38.2. The van der Waals surface area contributed by atoms with E-state index >= 15 is 0 Å². The van der Waals surface area contributed by atoms with Crippen LogP contribution in [0.15, 0.2) is 170 Å². The van der Waals surface area contributed by atoms with Crippen molar-refractivity contribution in [1.82, 2.24) is 19.6 Å². The minimum absolute atomic E-state index is 0.0182. The van der Waals surface area contributed by atoms with E-state index in [-0.39, 0.29) is 122 Å². The van der Waals surface area contributed by atoms with Crippen molar-refractivity contribution in [1.29, 1.82) is 0 Å². The van der Waals surface area contributed by atoms with E-state index in [9.17, 15) is 157 Å². The molecule has 3 amide bonds. The number of carboxylic acid groups (broad SMARTS) is 1. The van der Waals surface area contributed by atoms with Crippen molar-refractivity contribution in [3.63, 3.8) is 0 Å². The summed E-state index contributed by atoms with van der Waals surface area (Å²) in [6.45, 7) is 11.1. The predicted molar refractivity (Wildman–Crippen MR) is 459 cm³/mol. The summed E-state index contributed by atoms with van der Waals surface area (Å²) in [6.07, 6.45) is -46.7. The summed E-state index contributed by atoms with van der Waals surface area (Å²) in [5.74, 6) is -6.50. The summed E-state index contributed by atoms with van der Waals surface area (Å²) in [6, 6.07) is 24.2. The maximum absolute atomic E-state index is 13.7. The molecule has 144 heavy (non-hydrogen) atoms. The van der Waals surface area contributed by atoms with E-state index in [4.69, 9.17) is 24.7 Å². The summed E-state index contributed by atoms with van der Waals surface area (Å²) < 4.78 is 399. The van der Waals surface area contributed by atoms with Crippen LogP contribution in [0.5, 0.6) is 0 Å². The van der Waals surface area contributed by atoms with Gasteiger partial charge in [0.2, 0.25) is 17.7 Å². The van der Waals surface area contributed by atoms with Gasteiger partial charge < -0.3 is 54.7 Å². The average Bonchev–Trinajstić information content (AvgIpc) is 1.55. The summed E-state index contributed by atoms with van der Waals surface area (Å²) in [7, 11) is 0. The molecule has 20 atom stereocenters. The van der Waals surface area contributed by atoms with E-state index in [1.165, 1.54) is 117 Å². The molecule has 8 heterocycles. The fourth-order valence-corrected chi connectivity index (χ4v) is 21.0. The summed E-state index contributed by atoms with van der Waals surface area (Å²) >= 11 is 0. The van der Waals surface area contributed by atoms with Gasteiger partial charge in [0.25, 0.3) is 0 Å². The molecule has 0 bridgehead atoms. The molecule has 16 nitrogen and oxygen atoms in total. The minimum Gasteiger partial charge on any atom is -0.481 e. The highest BCUT2D eigenvalue weighted by Gasteiger charge is 2.62. The van der Waals surface area contributed by atoms with Gasteiger partial charge in [-0.05, 0) is 253 Å². The van der Waals surface area contributed by atoms with Gasteiger partial charge in [0.05, 0.1) is 129 Å². The molecule has 5 N–H and O–H groups in total. The second-order valence-corrected chi connectivity index (χ2v) is 38.2. The van der Waals surface area contributed by atoms with Crippen LogP contribution in [0.4, 0.5) is 123 Å². The summed E-state index contributed by atoms with van der Waals surface area (Å²) in [5.41, 5.74) is -7.66. The Hall–Kier alpha value is -10.6. The molecule has 784 valence electrons. The second kappa shape index (κ2) is 41.2. The van der Waals surface area contributed by atoms with Crippen molar-refractivity contribution < 1.29 is 176 Å². The molecule has 0 saturated carbocycles. The monoisotopic (exact) mass is 2080 g/mol. The number of carboxylic acids is 1. The van der Waals surface area contributed by atoms with Crippen molar-refractivity contribution in [2.45, 2.75) is 263 Å². The van der Waals surface area contributed by atoms with Crippen molar-refractivity contribution in [2.75, 3.05) is 32.7 Å². The number of fused-ring (bicyclic) bond motifs is 4. The third-order valence-corrected chi connectivity index (χ3v) is 28.2. The number of carbonyl (C=O) groups excluding carboxylic acids is 3. The number of hydrogen-bond donors (Lipinski definition) is 4. The molecule has 8 aromatic rings. The van der Waals surface area contributed by atoms with Gasteiger partial charge in [-0.3, -0.25) is 24.1 Å². The molecular formula is C100H97F28N5O11. The van der Waals surface area contributed by atoms with Crippen LogP contribution in [0.25, 0.3) is 0 Å². The molecule has 8 aromatic carbocycles. The Balaban J connectivity index is 0.000000161. The Morgan fingerprint density at radius 3 is 0.889 bits per heavy atom. The summed E-state index contributed by atoms with van der Waals surface area (Å²) in [5, 5.41) is 31.8. The normalized spacial score (nSPS) is 27.3. The number of hydrogen-bond acceptors (Lipinski definition) is 12. The number of ether oxygens (including phenoxy) is 4. The number of benzene rings is 8. The van der Waals surface area contributed by atoms with E-state index in [2.05, 4.69) is 0 Å². The Morgan fingerprint density at radius 2 is 0.604 bits per heavy atom. The van der Waals surface area contributed by atoms with Crippen molar-refractivity contribution in [3.05, 3.63) is 282 Å². The fourth-order valence-electron chi connectivity index (χ4n) is 21.0. The molecule has 8 aliphatic heterocycles. The average molecular weight is 2080 g/mol. The molecule has 0 aliphatic carbocycles. The molecule has 0 radical (unpaired) electrons. The number of piperidine rings is 4. The zero-order valence-corrected chi connectivity index (χ0v) is 77.2. The Labute approximate surface area is 805 Å². The van der Waals surface area contributed by atoms with Gasteiger partial charge in [-0.1, -0.05) is 48.5 Å². The van der Waals surface area contributed by atoms with Crippen LogP contribution in [0, 0.1) is 28.7 Å². The largest absolute Gasteiger partial charge is 0.481 e. The lowest BCUT2D eigenvalue weighted by atomic mass is 9.69. The number of alkyl halides is 24. The molecule has 0 aromatic heterocycles. The highest BCUT2D eigenvalue weighted by Crippen LogP contribution is 2.55. The first kappa shape index (κ1) is 111. The number of nitrogens with zero attached hydrogens (tertiary/aromatic N) is 4. The molecule has 44 heteroatoms. The van der Waals surface area contributed by atoms with Crippen molar-refractivity contribution in [2.24, 2.45) is 11.1 Å². The molecule has 16 rings (SSSR count). The Bertz CT molecular complexity index is 5610. The van der Waals surface area contributed by atoms with Crippen LogP contribution in [0.1, 0.15) is 237 Å². The first-order valence-corrected chi connectivity index (χ1v) is 45.4. The number of halogens is 28. The standard InChI is InChI=1S/C26H24F7NO4.C25H25F7N2O2.C25H24F7NO3.C24H24F7NO2/c1-13(15-9-16(25(28,29)30)11-17(10-15)26(31,32)33)38-19-12-34-20(35)7-8-24(2,23(36)37)22(34)21(19)14-3-5-18(27)6-4-14;1-13(15-9-16(24(27,28)29)11-17(10-15)25(30,31)32)36-19-12-34-20(35)7-8-23(2,33)22(34)21(19)14-3-5-18(26)6-4-14;1-13(15-9-16(24(27,28)29)11-17(10-15)25(30,31)32)36-19-12-33-20(34)7-8-23(2,35)22(33)21(19)14-3-5-18(26)6-4-14;1-13(15-9-16(23(26,27)28)11-17(10-15)24(29,30)31)34-20-12-32-8-2-3-19(33)22(32)21(20)14-4-6-18(25)7-5-14/h3-6,9-11,13,19,21-22H,7-8,12H2,1-2H3,(H,36,37);3-6,9-11,13,19,21-22H,7-8,12,33H2,1-2H3;3-6,9-11,13,19,21-22,35H,7-8,12H2,1-2H3;4-7,9-11,13,19-22,33H,2-3,8,12H2,1H3/t13-,19+,21-,22-,24?;2*13-,19+,21-,22-,23?;13-,19?,20+,21-,22+/m1111/s1. The molecule has 0 spiro atoms. The van der Waals surface area contributed by atoms with Gasteiger partial charge in [0.15, 0.2) is 0 Å². The van der Waals surface area contributed by atoms with Crippen LogP contribution in [0.2, 0.25) is 0 Å². The first-order chi connectivity index (χ1) is 66.5. The van der Waals surface area contributed by atoms with Crippen LogP contribution in [0.3, 0.4) is 0 Å². The zero-order chi connectivity index (χ0) is 106. The van der Waals surface area contributed by atoms with Crippen LogP contribution in [-0.2, 0) is 87.5 Å². The smallest absolute Gasteiger partial charge is 0.416 e. The summed E-state index contributed by atoms with van der Waals surface area (Å²) in [4.78, 5) is 56.8. The van der Waals surface area contributed by atoms with Gasteiger partial charge >= 0.3 is 55.4 Å². The Kier molecular flexibility index (Phi) is 31.7. The molecule has 8 fully saturated rings. The third-order valence-electron chi connectivity index (χ3n) is 28.2. The Morgan fingerprint density at radius 1 is 0.361 bits per heavy atom.